The van der Waals surface area contributed by atoms with Gasteiger partial charge in [-0.1, -0.05) is 33.8 Å². The van der Waals surface area contributed by atoms with Gasteiger partial charge in [-0.25, -0.2) is 0 Å². The first-order valence-corrected chi connectivity index (χ1v) is 11.3. The lowest BCUT2D eigenvalue weighted by Crippen LogP contribution is -2.43. The van der Waals surface area contributed by atoms with Crippen LogP contribution in [0.2, 0.25) is 0 Å². The minimum atomic E-state index is -0.403. The Morgan fingerprint density at radius 2 is 1.90 bits per heavy atom. The molecule has 1 saturated carbocycles. The SMILES string of the molecule is CCN(CC)CCN1C(=O)C2=C(C(=O)C3CC(C)C(C)CC3O2)C1c1cccnc1. The summed E-state index contributed by atoms with van der Waals surface area (Å²) in [5.41, 5.74) is 1.43. The molecule has 6 nitrogen and oxygen atoms in total. The number of hydrogen-bond acceptors (Lipinski definition) is 5. The monoisotopic (exact) mass is 411 g/mol. The largest absolute Gasteiger partial charge is 0.483 e. The van der Waals surface area contributed by atoms with E-state index in [9.17, 15) is 9.59 Å². The van der Waals surface area contributed by atoms with Crippen molar-refractivity contribution in [3.8, 4) is 0 Å². The average Bonchev–Trinajstić information content (AvgIpc) is 3.03. The molecule has 1 amide bonds. The van der Waals surface area contributed by atoms with Gasteiger partial charge in [0.15, 0.2) is 11.5 Å². The third-order valence-corrected chi connectivity index (χ3v) is 7.36. The lowest BCUT2D eigenvalue weighted by molar-refractivity contribution is -0.137. The molecule has 3 aliphatic rings. The Labute approximate surface area is 179 Å². The summed E-state index contributed by atoms with van der Waals surface area (Å²) in [5, 5.41) is 0. The van der Waals surface area contributed by atoms with Crippen molar-refractivity contribution in [1.29, 1.82) is 0 Å². The molecule has 1 aromatic rings. The molecule has 4 rings (SSSR count). The fourth-order valence-electron chi connectivity index (χ4n) is 5.21. The molecule has 0 spiro atoms. The highest BCUT2D eigenvalue weighted by Crippen LogP contribution is 2.48. The van der Waals surface area contributed by atoms with Crippen LogP contribution in [0.4, 0.5) is 0 Å². The van der Waals surface area contributed by atoms with E-state index in [2.05, 4.69) is 37.6 Å². The highest BCUT2D eigenvalue weighted by molar-refractivity contribution is 6.11. The Hall–Kier alpha value is -2.21. The Morgan fingerprint density at radius 1 is 1.17 bits per heavy atom. The molecule has 0 saturated heterocycles. The van der Waals surface area contributed by atoms with E-state index >= 15 is 0 Å². The number of rotatable bonds is 6. The van der Waals surface area contributed by atoms with Gasteiger partial charge in [-0.2, -0.15) is 0 Å². The Morgan fingerprint density at radius 3 is 2.57 bits per heavy atom. The maximum absolute atomic E-state index is 13.7. The minimum absolute atomic E-state index is 0.104. The smallest absolute Gasteiger partial charge is 0.290 e. The van der Waals surface area contributed by atoms with Crippen molar-refractivity contribution in [2.45, 2.75) is 52.7 Å². The maximum Gasteiger partial charge on any atom is 0.290 e. The molecule has 162 valence electrons. The first-order chi connectivity index (χ1) is 14.5. The topological polar surface area (TPSA) is 62.7 Å². The summed E-state index contributed by atoms with van der Waals surface area (Å²) in [6, 6.07) is 3.42. The zero-order valence-corrected chi connectivity index (χ0v) is 18.5. The number of ether oxygens (including phenoxy) is 1. The van der Waals surface area contributed by atoms with E-state index in [1.807, 2.05) is 17.0 Å². The van der Waals surface area contributed by atoms with Gasteiger partial charge in [-0.05, 0) is 49.4 Å². The molecule has 30 heavy (non-hydrogen) atoms. The van der Waals surface area contributed by atoms with Gasteiger partial charge < -0.3 is 14.5 Å². The Kier molecular flexibility index (Phi) is 5.96. The highest BCUT2D eigenvalue weighted by atomic mass is 16.5. The number of aromatic nitrogens is 1. The van der Waals surface area contributed by atoms with Crippen molar-refractivity contribution in [2.24, 2.45) is 17.8 Å². The molecule has 1 fully saturated rings. The van der Waals surface area contributed by atoms with E-state index in [-0.39, 0.29) is 29.5 Å². The molecule has 0 radical (unpaired) electrons. The van der Waals surface area contributed by atoms with E-state index in [0.29, 0.717) is 24.0 Å². The summed E-state index contributed by atoms with van der Waals surface area (Å²) < 4.78 is 6.29. The molecule has 0 aromatic carbocycles. The van der Waals surface area contributed by atoms with E-state index in [4.69, 9.17) is 4.74 Å². The summed E-state index contributed by atoms with van der Waals surface area (Å²) in [7, 11) is 0. The van der Waals surface area contributed by atoms with Crippen molar-refractivity contribution in [2.75, 3.05) is 26.2 Å². The van der Waals surface area contributed by atoms with Gasteiger partial charge in [-0.3, -0.25) is 14.6 Å². The zero-order chi connectivity index (χ0) is 21.4. The highest BCUT2D eigenvalue weighted by Gasteiger charge is 2.53. The fourth-order valence-corrected chi connectivity index (χ4v) is 5.21. The number of hydrogen-bond donors (Lipinski definition) is 0. The number of Topliss-reactive ketones (excluding diaryl/α,β-unsaturated/α-hetero) is 1. The molecule has 2 aliphatic heterocycles. The van der Waals surface area contributed by atoms with Gasteiger partial charge in [0.25, 0.3) is 5.91 Å². The Balaban J connectivity index is 1.69. The first kappa shape index (κ1) is 21.0. The van der Waals surface area contributed by atoms with Crippen molar-refractivity contribution < 1.29 is 14.3 Å². The second-order valence-corrected chi connectivity index (χ2v) is 9.01. The number of fused-ring (bicyclic) bond motifs is 1. The van der Waals surface area contributed by atoms with E-state index in [1.54, 1.807) is 12.4 Å². The van der Waals surface area contributed by atoms with Crippen molar-refractivity contribution in [3.63, 3.8) is 0 Å². The summed E-state index contributed by atoms with van der Waals surface area (Å²) in [5.74, 6) is 1.07. The van der Waals surface area contributed by atoms with Crippen molar-refractivity contribution in [3.05, 3.63) is 41.4 Å². The lowest BCUT2D eigenvalue weighted by Gasteiger charge is -2.40. The van der Waals surface area contributed by atoms with Crippen LogP contribution in [0.25, 0.3) is 0 Å². The van der Waals surface area contributed by atoms with Crippen LogP contribution in [-0.4, -0.2) is 58.8 Å². The molecule has 1 aromatic heterocycles. The molecule has 0 bridgehead atoms. The van der Waals surface area contributed by atoms with Crippen LogP contribution in [-0.2, 0) is 14.3 Å². The fraction of sp³-hybridized carbons (Fsp3) is 0.625. The van der Waals surface area contributed by atoms with Gasteiger partial charge in [0.1, 0.15) is 6.10 Å². The zero-order valence-electron chi connectivity index (χ0n) is 18.5. The normalized spacial score (nSPS) is 31.1. The predicted molar refractivity (Wildman–Crippen MR) is 114 cm³/mol. The van der Waals surface area contributed by atoms with Gasteiger partial charge in [0.05, 0.1) is 17.5 Å². The van der Waals surface area contributed by atoms with E-state index in [1.165, 1.54) is 0 Å². The van der Waals surface area contributed by atoms with Crippen LogP contribution in [0.1, 0.15) is 52.1 Å². The molecule has 6 heteroatoms. The Bertz CT molecular complexity index is 833. The predicted octanol–water partition coefficient (Wildman–Crippen LogP) is 3.21. The number of nitrogens with zero attached hydrogens (tertiary/aromatic N) is 3. The van der Waals surface area contributed by atoms with Crippen molar-refractivity contribution in [1.82, 2.24) is 14.8 Å². The molecular formula is C24H33N3O3. The number of pyridine rings is 1. The minimum Gasteiger partial charge on any atom is -0.483 e. The summed E-state index contributed by atoms with van der Waals surface area (Å²) in [4.78, 5) is 35.5. The maximum atomic E-state index is 13.7. The average molecular weight is 412 g/mol. The van der Waals surface area contributed by atoms with E-state index in [0.717, 1.165) is 38.0 Å². The molecule has 5 atom stereocenters. The number of ketones is 1. The third kappa shape index (κ3) is 3.55. The number of carbonyl (C=O) groups is 2. The number of carbonyl (C=O) groups excluding carboxylic acids is 2. The second-order valence-electron chi connectivity index (χ2n) is 9.01. The summed E-state index contributed by atoms with van der Waals surface area (Å²) >= 11 is 0. The second kappa shape index (κ2) is 8.50. The summed E-state index contributed by atoms with van der Waals surface area (Å²) in [6.07, 6.45) is 4.97. The van der Waals surface area contributed by atoms with Gasteiger partial charge in [-0.15, -0.1) is 0 Å². The van der Waals surface area contributed by atoms with Gasteiger partial charge in [0, 0.05) is 25.5 Å². The van der Waals surface area contributed by atoms with Crippen LogP contribution in [0.5, 0.6) is 0 Å². The van der Waals surface area contributed by atoms with Crippen LogP contribution in [0, 0.1) is 17.8 Å². The molecule has 5 unspecified atom stereocenters. The molecule has 0 N–H and O–H groups in total. The number of likely N-dealkylation sites (N-methyl/N-ethyl adjacent to an activating group) is 1. The number of amides is 1. The van der Waals surface area contributed by atoms with Crippen LogP contribution >= 0.6 is 0 Å². The van der Waals surface area contributed by atoms with E-state index < -0.39 is 6.04 Å². The van der Waals surface area contributed by atoms with Gasteiger partial charge >= 0.3 is 0 Å². The van der Waals surface area contributed by atoms with Crippen LogP contribution in [0.3, 0.4) is 0 Å². The quantitative estimate of drug-likeness (QED) is 0.719. The van der Waals surface area contributed by atoms with Gasteiger partial charge in [0.2, 0.25) is 0 Å². The van der Waals surface area contributed by atoms with Crippen molar-refractivity contribution >= 4 is 11.7 Å². The third-order valence-electron chi connectivity index (χ3n) is 7.36. The lowest BCUT2D eigenvalue weighted by atomic mass is 9.70. The summed E-state index contributed by atoms with van der Waals surface area (Å²) in [6.45, 7) is 11.9. The molecule has 3 heterocycles. The molecule has 1 aliphatic carbocycles. The van der Waals surface area contributed by atoms with Crippen LogP contribution in [0.15, 0.2) is 35.9 Å². The standard InChI is InChI=1S/C24H33N3O3/c1-5-26(6-2)10-11-27-21(17-8-7-9-25-14-17)20-22(28)18-12-15(3)16(4)13-19(18)30-23(20)24(27)29/h7-9,14-16,18-19,21H,5-6,10-13H2,1-4H3. The molecular weight excluding hydrogens is 378 g/mol. The first-order valence-electron chi connectivity index (χ1n) is 11.3. The van der Waals surface area contributed by atoms with Crippen LogP contribution < -0.4 is 0 Å².